The molecule has 1 unspecified atom stereocenters. The Labute approximate surface area is 73.8 Å². The van der Waals surface area contributed by atoms with Crippen LogP contribution in [0.5, 0.6) is 0 Å². The van der Waals surface area contributed by atoms with Gasteiger partial charge in [0, 0.05) is 6.07 Å². The van der Waals surface area contributed by atoms with E-state index in [0.717, 1.165) is 0 Å². The van der Waals surface area contributed by atoms with Crippen LogP contribution in [0.2, 0.25) is 5.02 Å². The molecule has 0 amide bonds. The highest BCUT2D eigenvalue weighted by molar-refractivity contribution is 6.33. The Balaban J connectivity index is 2.62. The molecule has 0 aliphatic carbocycles. The first-order valence-corrected chi connectivity index (χ1v) is 3.73. The molecular weight excluding hydrogens is 178 g/mol. The largest absolute Gasteiger partial charge is 0.623 e. The Hall–Kier alpha value is -1.10. The summed E-state index contributed by atoms with van der Waals surface area (Å²) in [6.07, 6.45) is 1.26. The Morgan fingerprint density at radius 1 is 1.50 bits per heavy atom. The van der Waals surface area contributed by atoms with Crippen LogP contribution < -0.4 is 10.8 Å². The van der Waals surface area contributed by atoms with Gasteiger partial charge >= 0.3 is 0 Å². The van der Waals surface area contributed by atoms with E-state index >= 15 is 0 Å². The molecule has 1 heterocycles. The summed E-state index contributed by atoms with van der Waals surface area (Å²) in [5.74, 6) is 0. The first-order chi connectivity index (χ1) is 5.68. The molecule has 0 fully saturated rings. The van der Waals surface area contributed by atoms with Gasteiger partial charge < -0.3 is 10.9 Å². The predicted octanol–water partition coefficient (Wildman–Crippen LogP) is 0.610. The minimum absolute atomic E-state index is 0.119. The van der Waals surface area contributed by atoms with Crippen molar-refractivity contribution < 1.29 is 5.06 Å². The number of anilines is 1. The molecule has 3 N–H and O–H groups in total. The molecule has 4 nitrogen and oxygen atoms in total. The van der Waals surface area contributed by atoms with Crippen LogP contribution in [0.15, 0.2) is 17.1 Å². The minimum atomic E-state index is -0.119. The third-order valence-corrected chi connectivity index (χ3v) is 2.03. The van der Waals surface area contributed by atoms with Gasteiger partial charge in [-0.1, -0.05) is 11.6 Å². The number of halogens is 1. The first-order valence-electron chi connectivity index (χ1n) is 3.36. The van der Waals surface area contributed by atoms with E-state index in [-0.39, 0.29) is 5.06 Å². The summed E-state index contributed by atoms with van der Waals surface area (Å²) in [5, 5.41) is 11.4. The zero-order valence-corrected chi connectivity index (χ0v) is 6.80. The molecule has 1 aliphatic heterocycles. The van der Waals surface area contributed by atoms with E-state index in [4.69, 9.17) is 17.3 Å². The van der Waals surface area contributed by atoms with Crippen LogP contribution in [-0.4, -0.2) is 6.34 Å². The van der Waals surface area contributed by atoms with E-state index in [2.05, 4.69) is 4.99 Å². The van der Waals surface area contributed by atoms with Crippen LogP contribution in [0.1, 0.15) is 0 Å². The standard InChI is InChI=1S/C7H6ClN3O/c8-4-1-7-6(2-5(4)9)10-3-11(7)12/h1-3,11H,9H2. The minimum Gasteiger partial charge on any atom is -0.623 e. The van der Waals surface area contributed by atoms with E-state index < -0.39 is 0 Å². The number of hydrogen-bond donors (Lipinski definition) is 2. The number of fused-ring (bicyclic) bond motifs is 1. The molecule has 0 saturated carbocycles. The van der Waals surface area contributed by atoms with Crippen LogP contribution in [0, 0.1) is 5.21 Å². The highest BCUT2D eigenvalue weighted by Gasteiger charge is 2.16. The molecular formula is C7H6ClN3O. The topological polar surface area (TPSA) is 65.9 Å². The van der Waals surface area contributed by atoms with Crippen molar-refractivity contribution >= 4 is 35.0 Å². The number of nitrogen functional groups attached to an aromatic ring is 1. The van der Waals surface area contributed by atoms with Gasteiger partial charge in [0.15, 0.2) is 12.0 Å². The second-order valence-electron chi connectivity index (χ2n) is 2.51. The summed E-state index contributed by atoms with van der Waals surface area (Å²) in [6, 6.07) is 3.14. The molecule has 2 rings (SSSR count). The molecule has 62 valence electrons. The summed E-state index contributed by atoms with van der Waals surface area (Å²) in [7, 11) is 0. The number of nitrogens with zero attached hydrogens (tertiary/aromatic N) is 1. The van der Waals surface area contributed by atoms with Crippen molar-refractivity contribution in [2.45, 2.75) is 0 Å². The lowest BCUT2D eigenvalue weighted by atomic mass is 10.2. The molecule has 0 radical (unpaired) electrons. The maximum absolute atomic E-state index is 11.1. The zero-order chi connectivity index (χ0) is 8.72. The molecule has 1 atom stereocenters. The van der Waals surface area contributed by atoms with E-state index in [9.17, 15) is 5.21 Å². The molecule has 1 aromatic carbocycles. The van der Waals surface area contributed by atoms with Crippen molar-refractivity contribution in [1.29, 1.82) is 0 Å². The van der Waals surface area contributed by atoms with Crippen LogP contribution in [0.4, 0.5) is 17.1 Å². The van der Waals surface area contributed by atoms with E-state index in [1.165, 1.54) is 6.34 Å². The SMILES string of the molecule is Nc1cc2c(cc1Cl)[NH+]([O-])C=N2. The number of hydrogen-bond acceptors (Lipinski definition) is 3. The number of hydroxylamine groups is 1. The average molecular weight is 184 g/mol. The molecule has 12 heavy (non-hydrogen) atoms. The number of aliphatic imine (C=N–C) groups is 1. The Morgan fingerprint density at radius 2 is 2.25 bits per heavy atom. The number of quaternary nitrogens is 1. The number of nitrogens with two attached hydrogens (primary N) is 1. The number of benzene rings is 1. The summed E-state index contributed by atoms with van der Waals surface area (Å²) in [4.78, 5) is 3.87. The third-order valence-electron chi connectivity index (χ3n) is 1.70. The highest BCUT2D eigenvalue weighted by atomic mass is 35.5. The fraction of sp³-hybridized carbons (Fsp3) is 0. The molecule has 0 saturated heterocycles. The zero-order valence-electron chi connectivity index (χ0n) is 6.04. The fourth-order valence-corrected chi connectivity index (χ4v) is 1.24. The average Bonchev–Trinajstić information content (AvgIpc) is 2.35. The van der Waals surface area contributed by atoms with Gasteiger partial charge in [-0.2, -0.15) is 4.99 Å². The Morgan fingerprint density at radius 3 is 3.00 bits per heavy atom. The van der Waals surface area contributed by atoms with Crippen molar-refractivity contribution in [3.8, 4) is 0 Å². The van der Waals surface area contributed by atoms with Crippen LogP contribution in [0.3, 0.4) is 0 Å². The van der Waals surface area contributed by atoms with E-state index in [1.807, 2.05) is 0 Å². The maximum Gasteiger partial charge on any atom is 0.194 e. The van der Waals surface area contributed by atoms with Gasteiger partial charge in [-0.3, -0.25) is 5.06 Å². The lowest BCUT2D eigenvalue weighted by Crippen LogP contribution is -2.99. The van der Waals surface area contributed by atoms with Crippen molar-refractivity contribution in [2.24, 2.45) is 4.99 Å². The van der Waals surface area contributed by atoms with Gasteiger partial charge in [-0.25, -0.2) is 0 Å². The van der Waals surface area contributed by atoms with E-state index in [0.29, 0.717) is 22.1 Å². The third kappa shape index (κ3) is 0.972. The fourth-order valence-electron chi connectivity index (χ4n) is 1.08. The highest BCUT2D eigenvalue weighted by Crippen LogP contribution is 2.31. The second kappa shape index (κ2) is 2.45. The molecule has 0 spiro atoms. The van der Waals surface area contributed by atoms with Crippen LogP contribution in [0.25, 0.3) is 0 Å². The number of nitrogens with one attached hydrogen (secondary N) is 1. The normalized spacial score (nSPS) is 19.7. The molecule has 0 aromatic heterocycles. The van der Waals surface area contributed by atoms with Gasteiger partial charge in [0.2, 0.25) is 0 Å². The van der Waals surface area contributed by atoms with E-state index in [1.54, 1.807) is 12.1 Å². The summed E-state index contributed by atoms with van der Waals surface area (Å²) >= 11 is 5.72. The second-order valence-corrected chi connectivity index (χ2v) is 2.92. The van der Waals surface area contributed by atoms with Crippen LogP contribution >= 0.6 is 11.6 Å². The molecule has 5 heteroatoms. The monoisotopic (exact) mass is 183 g/mol. The van der Waals surface area contributed by atoms with Crippen molar-refractivity contribution in [3.05, 3.63) is 22.4 Å². The molecule has 1 aliphatic rings. The van der Waals surface area contributed by atoms with Gasteiger partial charge in [0.1, 0.15) is 5.69 Å². The van der Waals surface area contributed by atoms with Crippen molar-refractivity contribution in [1.82, 2.24) is 0 Å². The molecule has 0 bridgehead atoms. The smallest absolute Gasteiger partial charge is 0.194 e. The van der Waals surface area contributed by atoms with Gasteiger partial charge in [-0.15, -0.1) is 0 Å². The number of rotatable bonds is 0. The quantitative estimate of drug-likeness (QED) is 0.457. The van der Waals surface area contributed by atoms with Crippen molar-refractivity contribution in [3.63, 3.8) is 0 Å². The summed E-state index contributed by atoms with van der Waals surface area (Å²) in [6.45, 7) is 0. The summed E-state index contributed by atoms with van der Waals surface area (Å²) < 4.78 is 0. The lowest BCUT2D eigenvalue weighted by Gasteiger charge is -2.11. The lowest BCUT2D eigenvalue weighted by molar-refractivity contribution is -0.655. The Kier molecular flexibility index (Phi) is 1.54. The van der Waals surface area contributed by atoms with Gasteiger partial charge in [0.05, 0.1) is 10.7 Å². The molecule has 1 aromatic rings. The van der Waals surface area contributed by atoms with Crippen molar-refractivity contribution in [2.75, 3.05) is 5.73 Å². The van der Waals surface area contributed by atoms with Gasteiger partial charge in [-0.05, 0) is 6.07 Å². The van der Waals surface area contributed by atoms with Gasteiger partial charge in [0.25, 0.3) is 0 Å². The maximum atomic E-state index is 11.1. The Bertz CT molecular complexity index is 364. The summed E-state index contributed by atoms with van der Waals surface area (Å²) in [5.41, 5.74) is 7.09. The first kappa shape index (κ1) is 7.54. The predicted molar refractivity (Wildman–Crippen MR) is 48.0 cm³/mol. The van der Waals surface area contributed by atoms with Crippen LogP contribution in [-0.2, 0) is 0 Å².